The van der Waals surface area contributed by atoms with Gasteiger partial charge < -0.3 is 10.8 Å². The van der Waals surface area contributed by atoms with Crippen LogP contribution in [0.1, 0.15) is 16.5 Å². The number of aliphatic hydroxyl groups is 1. The van der Waals surface area contributed by atoms with Gasteiger partial charge in [0.05, 0.1) is 11.5 Å². The van der Waals surface area contributed by atoms with Crippen LogP contribution in [-0.4, -0.2) is 17.3 Å². The van der Waals surface area contributed by atoms with Gasteiger partial charge >= 0.3 is 0 Å². The van der Waals surface area contributed by atoms with Crippen molar-refractivity contribution in [2.45, 2.75) is 23.9 Å². The highest BCUT2D eigenvalue weighted by Crippen LogP contribution is 2.33. The van der Waals surface area contributed by atoms with Crippen LogP contribution in [0.25, 0.3) is 0 Å². The summed E-state index contributed by atoms with van der Waals surface area (Å²) in [5, 5.41) is 9.27. The summed E-state index contributed by atoms with van der Waals surface area (Å²) in [7, 11) is 0. The van der Waals surface area contributed by atoms with Gasteiger partial charge in [-0.25, -0.2) is 0 Å². The first-order chi connectivity index (χ1) is 6.20. The van der Waals surface area contributed by atoms with Crippen molar-refractivity contribution in [3.05, 3.63) is 35.4 Å². The molecule has 3 N–H and O–H groups in total. The summed E-state index contributed by atoms with van der Waals surface area (Å²) in [6, 6.07) is 7.61. The van der Waals surface area contributed by atoms with E-state index in [0.717, 1.165) is 11.1 Å². The fourth-order valence-corrected chi connectivity index (χ4v) is 2.16. The Labute approximate surface area is 82.3 Å². The van der Waals surface area contributed by atoms with Gasteiger partial charge in [-0.1, -0.05) is 24.3 Å². The molecule has 1 aliphatic carbocycles. The Morgan fingerprint density at radius 2 is 2.08 bits per heavy atom. The molecule has 3 atom stereocenters. The Hall–Kier alpha value is -0.570. The van der Waals surface area contributed by atoms with Gasteiger partial charge in [0.25, 0.3) is 0 Å². The number of hydrogen-bond donors (Lipinski definition) is 2. The van der Waals surface area contributed by atoms with Crippen LogP contribution in [0.4, 0.5) is 0 Å². The third kappa shape index (κ3) is 1.46. The number of nitrogens with two attached hydrogens (primary N) is 1. The van der Waals surface area contributed by atoms with Gasteiger partial charge in [0.15, 0.2) is 0 Å². The zero-order valence-electron chi connectivity index (χ0n) is 7.15. The largest absolute Gasteiger partial charge is 0.390 e. The first kappa shape index (κ1) is 9.00. The van der Waals surface area contributed by atoms with Crippen LogP contribution in [0.2, 0.25) is 0 Å². The Morgan fingerprint density at radius 3 is 2.85 bits per heavy atom. The number of hydrogen-bond acceptors (Lipinski definition) is 2. The minimum Gasteiger partial charge on any atom is -0.390 e. The van der Waals surface area contributed by atoms with E-state index < -0.39 is 6.10 Å². The molecular weight excluding hydrogens is 186 g/mol. The van der Waals surface area contributed by atoms with Gasteiger partial charge in [0, 0.05) is 6.04 Å². The van der Waals surface area contributed by atoms with Gasteiger partial charge in [0.2, 0.25) is 0 Å². The number of rotatable bonds is 0. The van der Waals surface area contributed by atoms with E-state index in [4.69, 9.17) is 17.3 Å². The SMILES string of the molecule is N[C@@H]1Cc2ccccc2C(Cl)[C@H]1O. The molecule has 0 spiro atoms. The Kier molecular flexibility index (Phi) is 2.28. The highest BCUT2D eigenvalue weighted by atomic mass is 35.5. The monoisotopic (exact) mass is 197 g/mol. The van der Waals surface area contributed by atoms with E-state index in [-0.39, 0.29) is 11.4 Å². The predicted molar refractivity (Wildman–Crippen MR) is 52.7 cm³/mol. The van der Waals surface area contributed by atoms with E-state index in [1.807, 2.05) is 24.3 Å². The number of benzene rings is 1. The molecule has 1 aromatic rings. The maximum absolute atomic E-state index is 9.64. The van der Waals surface area contributed by atoms with Crippen molar-refractivity contribution >= 4 is 11.6 Å². The van der Waals surface area contributed by atoms with Crippen molar-refractivity contribution in [2.24, 2.45) is 5.73 Å². The number of halogens is 1. The van der Waals surface area contributed by atoms with E-state index in [1.54, 1.807) is 0 Å². The van der Waals surface area contributed by atoms with E-state index in [1.165, 1.54) is 0 Å². The van der Waals surface area contributed by atoms with Gasteiger partial charge in [-0.15, -0.1) is 11.6 Å². The first-order valence-electron chi connectivity index (χ1n) is 4.35. The highest BCUT2D eigenvalue weighted by Gasteiger charge is 2.31. The van der Waals surface area contributed by atoms with Crippen LogP contribution in [0, 0.1) is 0 Å². The van der Waals surface area contributed by atoms with Crippen molar-refractivity contribution < 1.29 is 5.11 Å². The van der Waals surface area contributed by atoms with Crippen LogP contribution in [-0.2, 0) is 6.42 Å². The van der Waals surface area contributed by atoms with Crippen molar-refractivity contribution in [1.29, 1.82) is 0 Å². The molecule has 1 unspecified atom stereocenters. The quantitative estimate of drug-likeness (QED) is 0.615. The molecule has 3 heteroatoms. The van der Waals surface area contributed by atoms with Crippen molar-refractivity contribution in [3.63, 3.8) is 0 Å². The summed E-state index contributed by atoms with van der Waals surface area (Å²) >= 11 is 6.06. The lowest BCUT2D eigenvalue weighted by Crippen LogP contribution is -2.42. The normalized spacial score (nSPS) is 32.7. The minimum atomic E-state index is -0.628. The lowest BCUT2D eigenvalue weighted by atomic mass is 9.86. The molecule has 0 saturated heterocycles. The molecule has 0 radical (unpaired) electrons. The molecule has 1 aromatic carbocycles. The van der Waals surface area contributed by atoms with E-state index >= 15 is 0 Å². The summed E-state index contributed by atoms with van der Waals surface area (Å²) in [5.74, 6) is 0. The Balaban J connectivity index is 2.43. The Morgan fingerprint density at radius 1 is 1.38 bits per heavy atom. The van der Waals surface area contributed by atoms with Gasteiger partial charge in [-0.2, -0.15) is 0 Å². The molecule has 0 aromatic heterocycles. The second kappa shape index (κ2) is 3.29. The lowest BCUT2D eigenvalue weighted by molar-refractivity contribution is 0.132. The third-order valence-corrected chi connectivity index (χ3v) is 3.04. The summed E-state index contributed by atoms with van der Waals surface area (Å²) < 4.78 is 0. The molecular formula is C10H12ClNO. The molecule has 0 bridgehead atoms. The molecule has 2 nitrogen and oxygen atoms in total. The second-order valence-electron chi connectivity index (χ2n) is 3.46. The molecule has 0 fully saturated rings. The molecule has 0 heterocycles. The number of alkyl halides is 1. The highest BCUT2D eigenvalue weighted by molar-refractivity contribution is 6.21. The van der Waals surface area contributed by atoms with Crippen molar-refractivity contribution in [1.82, 2.24) is 0 Å². The fraction of sp³-hybridized carbons (Fsp3) is 0.400. The number of aliphatic hydroxyl groups excluding tert-OH is 1. The molecule has 1 aliphatic rings. The van der Waals surface area contributed by atoms with Crippen LogP contribution >= 0.6 is 11.6 Å². The molecule has 13 heavy (non-hydrogen) atoms. The molecule has 0 aliphatic heterocycles. The fourth-order valence-electron chi connectivity index (χ4n) is 1.76. The van der Waals surface area contributed by atoms with E-state index in [0.29, 0.717) is 6.42 Å². The minimum absolute atomic E-state index is 0.239. The number of fused-ring (bicyclic) bond motifs is 1. The van der Waals surface area contributed by atoms with Crippen LogP contribution in [0.5, 0.6) is 0 Å². The van der Waals surface area contributed by atoms with Crippen LogP contribution < -0.4 is 5.73 Å². The molecule has 0 amide bonds. The van der Waals surface area contributed by atoms with E-state index in [9.17, 15) is 5.11 Å². The summed E-state index contributed by atoms with van der Waals surface area (Å²) in [6.07, 6.45) is 0.0807. The van der Waals surface area contributed by atoms with Gasteiger partial charge in [0.1, 0.15) is 0 Å². The zero-order chi connectivity index (χ0) is 9.42. The zero-order valence-corrected chi connectivity index (χ0v) is 7.91. The maximum atomic E-state index is 9.64. The van der Waals surface area contributed by atoms with Gasteiger partial charge in [-0.05, 0) is 17.5 Å². The summed E-state index contributed by atoms with van der Waals surface area (Å²) in [4.78, 5) is 0. The molecule has 0 saturated carbocycles. The average Bonchev–Trinajstić information content (AvgIpc) is 2.15. The lowest BCUT2D eigenvalue weighted by Gasteiger charge is -2.30. The van der Waals surface area contributed by atoms with E-state index in [2.05, 4.69) is 0 Å². The predicted octanol–water partition coefficient (Wildman–Crippen LogP) is 1.21. The van der Waals surface area contributed by atoms with Crippen LogP contribution in [0.15, 0.2) is 24.3 Å². The Bertz CT molecular complexity index is 316. The first-order valence-corrected chi connectivity index (χ1v) is 4.79. The summed E-state index contributed by atoms with van der Waals surface area (Å²) in [5.41, 5.74) is 7.91. The maximum Gasteiger partial charge on any atom is 0.0898 e. The molecule has 70 valence electrons. The third-order valence-electron chi connectivity index (χ3n) is 2.55. The molecule has 2 rings (SSSR count). The standard InChI is InChI=1S/C10H12ClNO/c11-9-7-4-2-1-3-6(7)5-8(12)10(9)13/h1-4,8-10,13H,5,12H2/t8-,9?,10+/m1/s1. The topological polar surface area (TPSA) is 46.2 Å². The average molecular weight is 198 g/mol. The smallest absolute Gasteiger partial charge is 0.0898 e. The van der Waals surface area contributed by atoms with Gasteiger partial charge in [-0.3, -0.25) is 0 Å². The second-order valence-corrected chi connectivity index (χ2v) is 3.93. The van der Waals surface area contributed by atoms with Crippen molar-refractivity contribution in [3.8, 4) is 0 Å². The van der Waals surface area contributed by atoms with Crippen molar-refractivity contribution in [2.75, 3.05) is 0 Å². The van der Waals surface area contributed by atoms with Crippen LogP contribution in [0.3, 0.4) is 0 Å². The summed E-state index contributed by atoms with van der Waals surface area (Å²) in [6.45, 7) is 0.